The van der Waals surface area contributed by atoms with Crippen molar-refractivity contribution in [3.05, 3.63) is 63.2 Å². The zero-order valence-electron chi connectivity index (χ0n) is 16.3. The van der Waals surface area contributed by atoms with E-state index in [4.69, 9.17) is 20.8 Å². The number of carbonyl (C=O) groups is 1. The maximum atomic E-state index is 13.7. The number of carbonyl (C=O) groups excluding carboxylic acids is 1. The Morgan fingerprint density at radius 1 is 1.28 bits per heavy atom. The molecule has 29 heavy (non-hydrogen) atoms. The molecule has 2 rings (SSSR count). The molecule has 0 aliphatic heterocycles. The molecule has 0 spiro atoms. The third kappa shape index (κ3) is 4.99. The lowest BCUT2D eigenvalue weighted by Gasteiger charge is -2.25. The molecule has 2 aromatic rings. The molecule has 9 heteroatoms. The standard InChI is InChI=1S/C20H19FN2O6/c1-6-27-19(24)20(3,4)29-17-8-7-13(9-12(17)2)28-18-11-15(22-5)14(21)10-16(18)23(25)26/h7-11H,6H2,1-4H3. The summed E-state index contributed by atoms with van der Waals surface area (Å²) in [5.41, 5.74) is -1.62. The van der Waals surface area contributed by atoms with E-state index < -0.39 is 33.7 Å². The molecule has 0 aliphatic carbocycles. The van der Waals surface area contributed by atoms with E-state index in [0.29, 0.717) is 17.4 Å². The highest BCUT2D eigenvalue weighted by Crippen LogP contribution is 2.38. The van der Waals surface area contributed by atoms with Gasteiger partial charge in [-0.1, -0.05) is 0 Å². The second-order valence-electron chi connectivity index (χ2n) is 6.50. The van der Waals surface area contributed by atoms with Crippen LogP contribution in [0.15, 0.2) is 30.3 Å². The summed E-state index contributed by atoms with van der Waals surface area (Å²) in [5, 5.41) is 11.2. The van der Waals surface area contributed by atoms with E-state index in [0.717, 1.165) is 6.07 Å². The SMILES string of the molecule is [C-]#[N+]c1cc(Oc2ccc(OC(C)(C)C(=O)OCC)c(C)c2)c([N+](=O)[O-])cc1F. The van der Waals surface area contributed by atoms with Crippen LogP contribution in [-0.4, -0.2) is 23.1 Å². The van der Waals surface area contributed by atoms with Gasteiger partial charge < -0.3 is 14.2 Å². The smallest absolute Gasteiger partial charge is 0.349 e. The largest absolute Gasteiger partial charge is 0.476 e. The minimum Gasteiger partial charge on any atom is -0.476 e. The predicted octanol–water partition coefficient (Wildman–Crippen LogP) is 5.11. The monoisotopic (exact) mass is 402 g/mol. The number of nitro groups is 1. The van der Waals surface area contributed by atoms with Crippen LogP contribution in [0, 0.1) is 29.4 Å². The van der Waals surface area contributed by atoms with Crippen LogP contribution in [0.3, 0.4) is 0 Å². The van der Waals surface area contributed by atoms with E-state index >= 15 is 0 Å². The lowest BCUT2D eigenvalue weighted by molar-refractivity contribution is -0.385. The third-order valence-electron chi connectivity index (χ3n) is 3.85. The molecule has 0 radical (unpaired) electrons. The van der Waals surface area contributed by atoms with Crippen LogP contribution in [0.1, 0.15) is 26.3 Å². The fraction of sp³-hybridized carbons (Fsp3) is 0.300. The Balaban J connectivity index is 2.31. The molecule has 0 fully saturated rings. The molecule has 0 bridgehead atoms. The Hall–Kier alpha value is -3.67. The highest BCUT2D eigenvalue weighted by atomic mass is 19.1. The maximum absolute atomic E-state index is 13.7. The van der Waals surface area contributed by atoms with Crippen molar-refractivity contribution in [1.29, 1.82) is 0 Å². The van der Waals surface area contributed by atoms with Crippen molar-refractivity contribution in [2.45, 2.75) is 33.3 Å². The van der Waals surface area contributed by atoms with Gasteiger partial charge in [0.1, 0.15) is 17.3 Å². The molecule has 0 saturated carbocycles. The van der Waals surface area contributed by atoms with Gasteiger partial charge in [0.2, 0.25) is 5.69 Å². The summed E-state index contributed by atoms with van der Waals surface area (Å²) in [4.78, 5) is 25.4. The molecule has 0 heterocycles. The van der Waals surface area contributed by atoms with Gasteiger partial charge in [0.05, 0.1) is 18.1 Å². The molecule has 0 atom stereocenters. The number of aryl methyl sites for hydroxylation is 1. The van der Waals surface area contributed by atoms with E-state index in [9.17, 15) is 19.3 Å². The van der Waals surface area contributed by atoms with E-state index in [1.807, 2.05) is 0 Å². The molecule has 0 aromatic heterocycles. The van der Waals surface area contributed by atoms with Crippen molar-refractivity contribution < 1.29 is 28.3 Å². The minimum atomic E-state index is -1.22. The average molecular weight is 402 g/mol. The van der Waals surface area contributed by atoms with Crippen molar-refractivity contribution in [3.8, 4) is 17.2 Å². The van der Waals surface area contributed by atoms with Crippen LogP contribution in [0.2, 0.25) is 0 Å². The van der Waals surface area contributed by atoms with Crippen LogP contribution in [-0.2, 0) is 9.53 Å². The summed E-state index contributed by atoms with van der Waals surface area (Å²) in [6.45, 7) is 13.7. The van der Waals surface area contributed by atoms with Gasteiger partial charge >= 0.3 is 11.7 Å². The van der Waals surface area contributed by atoms with Crippen LogP contribution < -0.4 is 9.47 Å². The molecule has 8 nitrogen and oxygen atoms in total. The Labute approximate surface area is 166 Å². The van der Waals surface area contributed by atoms with Gasteiger partial charge in [-0.15, -0.1) is 0 Å². The third-order valence-corrected chi connectivity index (χ3v) is 3.85. The number of nitro benzene ring substituents is 1. The quantitative estimate of drug-likeness (QED) is 0.277. The highest BCUT2D eigenvalue weighted by Gasteiger charge is 2.32. The van der Waals surface area contributed by atoms with Crippen molar-refractivity contribution in [2.75, 3.05) is 6.61 Å². The predicted molar refractivity (Wildman–Crippen MR) is 102 cm³/mol. The first kappa shape index (κ1) is 21.6. The summed E-state index contributed by atoms with van der Waals surface area (Å²) >= 11 is 0. The number of ether oxygens (including phenoxy) is 3. The molecule has 152 valence electrons. The van der Waals surface area contributed by atoms with Gasteiger partial charge in [-0.25, -0.2) is 14.0 Å². The molecule has 0 N–H and O–H groups in total. The molecule has 0 saturated heterocycles. The van der Waals surface area contributed by atoms with Gasteiger partial charge in [-0.3, -0.25) is 10.1 Å². The normalized spacial score (nSPS) is 10.8. The average Bonchev–Trinajstić information content (AvgIpc) is 2.65. The molecule has 0 amide bonds. The van der Waals surface area contributed by atoms with Crippen molar-refractivity contribution >= 4 is 17.3 Å². The van der Waals surface area contributed by atoms with Crippen LogP contribution >= 0.6 is 0 Å². The second-order valence-corrected chi connectivity index (χ2v) is 6.50. The first-order valence-electron chi connectivity index (χ1n) is 8.59. The zero-order valence-corrected chi connectivity index (χ0v) is 16.3. The van der Waals surface area contributed by atoms with Gasteiger partial charge in [-0.05, 0) is 57.5 Å². The number of halogens is 1. The Kier molecular flexibility index (Phi) is 6.38. The van der Waals surface area contributed by atoms with E-state index in [1.165, 1.54) is 12.1 Å². The van der Waals surface area contributed by atoms with E-state index in [1.54, 1.807) is 33.8 Å². The lowest BCUT2D eigenvalue weighted by Crippen LogP contribution is -2.39. The topological polar surface area (TPSA) is 92.3 Å². The highest BCUT2D eigenvalue weighted by molar-refractivity contribution is 5.79. The molecular formula is C20H19FN2O6. The summed E-state index contributed by atoms with van der Waals surface area (Å²) < 4.78 is 29.9. The van der Waals surface area contributed by atoms with Gasteiger partial charge in [0, 0.05) is 6.07 Å². The summed E-state index contributed by atoms with van der Waals surface area (Å²) in [7, 11) is 0. The molecule has 0 aliphatic rings. The summed E-state index contributed by atoms with van der Waals surface area (Å²) in [6, 6.07) is 6.19. The molecular weight excluding hydrogens is 383 g/mol. The number of rotatable bonds is 7. The number of benzene rings is 2. The number of nitrogens with zero attached hydrogens (tertiary/aromatic N) is 2. The fourth-order valence-corrected chi connectivity index (χ4v) is 2.39. The summed E-state index contributed by atoms with van der Waals surface area (Å²) in [6.07, 6.45) is 0. The first-order chi connectivity index (χ1) is 13.6. The zero-order chi connectivity index (χ0) is 21.8. The van der Waals surface area contributed by atoms with E-state index in [-0.39, 0.29) is 18.1 Å². The van der Waals surface area contributed by atoms with Crippen LogP contribution in [0.25, 0.3) is 4.85 Å². The minimum absolute atomic E-state index is 0.217. The second kappa shape index (κ2) is 8.56. The van der Waals surface area contributed by atoms with Crippen LogP contribution in [0.4, 0.5) is 15.8 Å². The van der Waals surface area contributed by atoms with Gasteiger partial charge in [-0.2, -0.15) is 0 Å². The Bertz CT molecular complexity index is 997. The van der Waals surface area contributed by atoms with Gasteiger partial charge in [0.25, 0.3) is 0 Å². The first-order valence-corrected chi connectivity index (χ1v) is 8.59. The van der Waals surface area contributed by atoms with Gasteiger partial charge in [0.15, 0.2) is 11.4 Å². The van der Waals surface area contributed by atoms with Crippen molar-refractivity contribution in [3.63, 3.8) is 0 Å². The number of esters is 1. The molecule has 0 unspecified atom stereocenters. The van der Waals surface area contributed by atoms with Crippen molar-refractivity contribution in [1.82, 2.24) is 0 Å². The lowest BCUT2D eigenvalue weighted by atomic mass is 10.1. The Morgan fingerprint density at radius 2 is 1.97 bits per heavy atom. The van der Waals surface area contributed by atoms with Crippen LogP contribution in [0.5, 0.6) is 17.2 Å². The maximum Gasteiger partial charge on any atom is 0.349 e. The number of hydrogen-bond donors (Lipinski definition) is 0. The molecule has 2 aromatic carbocycles. The number of hydrogen-bond acceptors (Lipinski definition) is 6. The summed E-state index contributed by atoms with van der Waals surface area (Å²) in [5.74, 6) is -1.17. The fourth-order valence-electron chi connectivity index (χ4n) is 2.39. The van der Waals surface area contributed by atoms with Crippen molar-refractivity contribution in [2.24, 2.45) is 0 Å². The van der Waals surface area contributed by atoms with E-state index in [2.05, 4.69) is 4.85 Å². The Morgan fingerprint density at radius 3 is 2.52 bits per heavy atom.